The van der Waals surface area contributed by atoms with E-state index in [1.807, 2.05) is 0 Å². The standard InChI is InChI=1S/C10H18O5/c1-9(14-7-12)3-2-4-10(5-6-11)15-8-13/h5,11-13H,1-4,6-8H2/b10-5+. The summed E-state index contributed by atoms with van der Waals surface area (Å²) in [6.07, 6.45) is 3.38. The summed E-state index contributed by atoms with van der Waals surface area (Å²) in [6.45, 7) is 2.70. The molecule has 3 N–H and O–H groups in total. The summed E-state index contributed by atoms with van der Waals surface area (Å²) in [4.78, 5) is 0. The maximum absolute atomic E-state index is 8.64. The van der Waals surface area contributed by atoms with Crippen molar-refractivity contribution in [1.82, 2.24) is 0 Å². The van der Waals surface area contributed by atoms with Crippen molar-refractivity contribution in [3.8, 4) is 0 Å². The van der Waals surface area contributed by atoms with Crippen LogP contribution in [0, 0.1) is 0 Å². The number of aliphatic hydroxyl groups is 3. The topological polar surface area (TPSA) is 79.2 Å². The highest BCUT2D eigenvalue weighted by Crippen LogP contribution is 2.12. The van der Waals surface area contributed by atoms with E-state index < -0.39 is 6.79 Å². The van der Waals surface area contributed by atoms with E-state index in [4.69, 9.17) is 24.8 Å². The normalized spacial score (nSPS) is 11.3. The summed E-state index contributed by atoms with van der Waals surface area (Å²) in [6, 6.07) is 0. The van der Waals surface area contributed by atoms with Crippen LogP contribution in [0.1, 0.15) is 19.3 Å². The SMILES string of the molecule is C=C(CCC/C(=C\CO)OCO)OCO. The molecule has 0 radical (unpaired) electrons. The van der Waals surface area contributed by atoms with Crippen molar-refractivity contribution in [3.05, 3.63) is 24.2 Å². The maximum atomic E-state index is 8.64. The fourth-order valence-corrected chi connectivity index (χ4v) is 1.04. The summed E-state index contributed by atoms with van der Waals surface area (Å²) >= 11 is 0. The van der Waals surface area contributed by atoms with Gasteiger partial charge in [0.05, 0.1) is 18.1 Å². The molecule has 15 heavy (non-hydrogen) atoms. The van der Waals surface area contributed by atoms with Crippen LogP contribution >= 0.6 is 0 Å². The van der Waals surface area contributed by atoms with E-state index in [0.717, 1.165) is 0 Å². The van der Waals surface area contributed by atoms with Crippen LogP contribution in [0.5, 0.6) is 0 Å². The van der Waals surface area contributed by atoms with Crippen LogP contribution in [0.4, 0.5) is 0 Å². The lowest BCUT2D eigenvalue weighted by atomic mass is 10.2. The van der Waals surface area contributed by atoms with E-state index in [2.05, 4.69) is 6.58 Å². The third-order valence-electron chi connectivity index (χ3n) is 1.72. The van der Waals surface area contributed by atoms with Gasteiger partial charge in [-0.1, -0.05) is 6.58 Å². The molecule has 88 valence electrons. The van der Waals surface area contributed by atoms with Crippen molar-refractivity contribution < 1.29 is 24.8 Å². The van der Waals surface area contributed by atoms with Gasteiger partial charge in [-0.2, -0.15) is 0 Å². The molecule has 0 aromatic carbocycles. The molecule has 0 unspecified atom stereocenters. The first-order valence-electron chi connectivity index (χ1n) is 4.69. The number of allylic oxidation sites excluding steroid dienone is 2. The van der Waals surface area contributed by atoms with Gasteiger partial charge in [-0.25, -0.2) is 0 Å². The third-order valence-corrected chi connectivity index (χ3v) is 1.72. The molecule has 0 aliphatic heterocycles. The first-order chi connectivity index (χ1) is 7.24. The quantitative estimate of drug-likeness (QED) is 0.387. The van der Waals surface area contributed by atoms with Gasteiger partial charge in [0.1, 0.15) is 0 Å². The van der Waals surface area contributed by atoms with Crippen molar-refractivity contribution in [2.75, 3.05) is 20.2 Å². The van der Waals surface area contributed by atoms with E-state index in [1.165, 1.54) is 6.08 Å². The molecule has 0 amide bonds. The Morgan fingerprint density at radius 2 is 1.73 bits per heavy atom. The fourth-order valence-electron chi connectivity index (χ4n) is 1.04. The first kappa shape index (κ1) is 14.0. The van der Waals surface area contributed by atoms with Gasteiger partial charge in [0.2, 0.25) is 0 Å². The second kappa shape index (κ2) is 9.51. The molecule has 0 spiro atoms. The van der Waals surface area contributed by atoms with Crippen LogP contribution in [0.15, 0.2) is 24.2 Å². The first-order valence-corrected chi connectivity index (χ1v) is 4.69. The van der Waals surface area contributed by atoms with E-state index in [9.17, 15) is 0 Å². The Kier molecular flexibility index (Phi) is 8.85. The molecule has 5 nitrogen and oxygen atoms in total. The fraction of sp³-hybridized carbons (Fsp3) is 0.600. The lowest BCUT2D eigenvalue weighted by Gasteiger charge is -2.08. The van der Waals surface area contributed by atoms with E-state index in [-0.39, 0.29) is 13.4 Å². The zero-order valence-electron chi connectivity index (χ0n) is 8.69. The van der Waals surface area contributed by atoms with Gasteiger partial charge < -0.3 is 24.8 Å². The Morgan fingerprint density at radius 3 is 2.27 bits per heavy atom. The molecule has 0 bridgehead atoms. The van der Waals surface area contributed by atoms with Crippen LogP contribution in [0.25, 0.3) is 0 Å². The monoisotopic (exact) mass is 218 g/mol. The van der Waals surface area contributed by atoms with Crippen molar-refractivity contribution in [2.45, 2.75) is 19.3 Å². The zero-order chi connectivity index (χ0) is 11.5. The number of hydrogen-bond acceptors (Lipinski definition) is 5. The number of rotatable bonds is 9. The highest BCUT2D eigenvalue weighted by atomic mass is 16.6. The Balaban J connectivity index is 3.70. The second-order valence-corrected chi connectivity index (χ2v) is 2.79. The Hall–Kier alpha value is -1.04. The largest absolute Gasteiger partial charge is 0.473 e. The summed E-state index contributed by atoms with van der Waals surface area (Å²) in [7, 11) is 0. The van der Waals surface area contributed by atoms with Gasteiger partial charge in [0, 0.05) is 12.8 Å². The predicted octanol–water partition coefficient (Wildman–Crippen LogP) is 0.479. The summed E-state index contributed by atoms with van der Waals surface area (Å²) in [5.41, 5.74) is 0. The number of ether oxygens (including phenoxy) is 2. The highest BCUT2D eigenvalue weighted by Gasteiger charge is 2.00. The van der Waals surface area contributed by atoms with Crippen LogP contribution < -0.4 is 0 Å². The van der Waals surface area contributed by atoms with E-state index >= 15 is 0 Å². The molecule has 0 heterocycles. The molecular weight excluding hydrogens is 200 g/mol. The minimum atomic E-state index is -0.403. The lowest BCUT2D eigenvalue weighted by Crippen LogP contribution is -1.97. The van der Waals surface area contributed by atoms with Gasteiger partial charge in [-0.3, -0.25) is 0 Å². The molecule has 0 aliphatic rings. The van der Waals surface area contributed by atoms with Crippen molar-refractivity contribution in [3.63, 3.8) is 0 Å². The van der Waals surface area contributed by atoms with Crippen LogP contribution in [0.2, 0.25) is 0 Å². The summed E-state index contributed by atoms with van der Waals surface area (Å²) in [5, 5.41) is 25.6. The molecule has 0 atom stereocenters. The maximum Gasteiger partial charge on any atom is 0.185 e. The van der Waals surface area contributed by atoms with Gasteiger partial charge >= 0.3 is 0 Å². The Labute approximate surface area is 89.3 Å². The zero-order valence-corrected chi connectivity index (χ0v) is 8.69. The second-order valence-electron chi connectivity index (χ2n) is 2.79. The van der Waals surface area contributed by atoms with E-state index in [0.29, 0.717) is 30.8 Å². The smallest absolute Gasteiger partial charge is 0.185 e. The van der Waals surface area contributed by atoms with Gasteiger partial charge in [-0.05, 0) is 12.5 Å². The lowest BCUT2D eigenvalue weighted by molar-refractivity contribution is 0.0330. The minimum absolute atomic E-state index is 0.122. The third kappa shape index (κ3) is 7.99. The molecule has 5 heteroatoms. The van der Waals surface area contributed by atoms with Gasteiger partial charge in [0.15, 0.2) is 13.6 Å². The molecular formula is C10H18O5. The number of hydrogen-bond donors (Lipinski definition) is 3. The van der Waals surface area contributed by atoms with Gasteiger partial charge in [-0.15, -0.1) is 0 Å². The Morgan fingerprint density at radius 1 is 1.07 bits per heavy atom. The van der Waals surface area contributed by atoms with Crippen molar-refractivity contribution in [1.29, 1.82) is 0 Å². The molecule has 0 rings (SSSR count). The van der Waals surface area contributed by atoms with Gasteiger partial charge in [0.25, 0.3) is 0 Å². The summed E-state index contributed by atoms with van der Waals surface area (Å²) in [5.74, 6) is 1.04. The van der Waals surface area contributed by atoms with Crippen LogP contribution in [-0.2, 0) is 9.47 Å². The molecule has 0 fully saturated rings. The predicted molar refractivity (Wildman–Crippen MR) is 54.5 cm³/mol. The van der Waals surface area contributed by atoms with Crippen molar-refractivity contribution in [2.24, 2.45) is 0 Å². The highest BCUT2D eigenvalue weighted by molar-refractivity contribution is 4.94. The molecule has 0 saturated carbocycles. The van der Waals surface area contributed by atoms with Crippen molar-refractivity contribution >= 4 is 0 Å². The minimum Gasteiger partial charge on any atom is -0.473 e. The van der Waals surface area contributed by atoms with E-state index in [1.54, 1.807) is 0 Å². The average Bonchev–Trinajstić information content (AvgIpc) is 2.19. The average molecular weight is 218 g/mol. The molecule has 0 aromatic heterocycles. The van der Waals surface area contributed by atoms with Crippen LogP contribution in [-0.4, -0.2) is 35.5 Å². The molecule has 0 saturated heterocycles. The summed E-state index contributed by atoms with van der Waals surface area (Å²) < 4.78 is 9.61. The Bertz CT molecular complexity index is 200. The van der Waals surface area contributed by atoms with Crippen LogP contribution in [0.3, 0.4) is 0 Å². The molecule has 0 aliphatic carbocycles. The number of aliphatic hydroxyl groups excluding tert-OH is 3. The molecule has 0 aromatic rings.